The summed E-state index contributed by atoms with van der Waals surface area (Å²) in [6, 6.07) is 0. The molecule has 5 nitrogen and oxygen atoms in total. The van der Waals surface area contributed by atoms with Gasteiger partial charge in [0.15, 0.2) is 0 Å². The Morgan fingerprint density at radius 2 is 1.72 bits per heavy atom. The van der Waals surface area contributed by atoms with Crippen LogP contribution in [0.3, 0.4) is 0 Å². The standard InChI is InChI=1S/C12H24O5Si/c1-4-15-18(16-5-2,17-6-3)12(7-8-13)9-11-10-14-11/h8,11-12H,4-7,9-10H2,1-3H3. The van der Waals surface area contributed by atoms with Crippen molar-refractivity contribution < 1.29 is 22.8 Å². The minimum Gasteiger partial charge on any atom is -0.374 e. The number of epoxide rings is 1. The van der Waals surface area contributed by atoms with Gasteiger partial charge in [-0.3, -0.25) is 0 Å². The van der Waals surface area contributed by atoms with E-state index in [4.69, 9.17) is 18.0 Å². The molecule has 0 saturated carbocycles. The summed E-state index contributed by atoms with van der Waals surface area (Å²) >= 11 is 0. The van der Waals surface area contributed by atoms with Crippen LogP contribution in [0, 0.1) is 0 Å². The van der Waals surface area contributed by atoms with E-state index in [1.807, 2.05) is 20.8 Å². The molecule has 1 aliphatic rings. The third kappa shape index (κ3) is 4.44. The number of hydrogen-bond acceptors (Lipinski definition) is 5. The third-order valence-corrected chi connectivity index (χ3v) is 6.41. The Balaban J connectivity index is 2.79. The lowest BCUT2D eigenvalue weighted by Crippen LogP contribution is -2.51. The van der Waals surface area contributed by atoms with Gasteiger partial charge >= 0.3 is 8.80 Å². The Bertz CT molecular complexity index is 228. The zero-order chi connectivity index (χ0) is 13.4. The molecule has 18 heavy (non-hydrogen) atoms. The molecular formula is C12H24O5Si. The summed E-state index contributed by atoms with van der Waals surface area (Å²) in [5.74, 6) is 0. The molecule has 1 rings (SSSR count). The monoisotopic (exact) mass is 276 g/mol. The fourth-order valence-corrected chi connectivity index (χ4v) is 5.21. The Kier molecular flexibility index (Phi) is 7.02. The second-order valence-electron chi connectivity index (χ2n) is 4.19. The minimum atomic E-state index is -2.78. The smallest absolute Gasteiger partial charge is 0.374 e. The van der Waals surface area contributed by atoms with E-state index in [-0.39, 0.29) is 11.6 Å². The van der Waals surface area contributed by atoms with Crippen LogP contribution in [-0.2, 0) is 22.8 Å². The van der Waals surface area contributed by atoms with E-state index in [1.165, 1.54) is 0 Å². The van der Waals surface area contributed by atoms with Crippen molar-refractivity contribution in [3.8, 4) is 0 Å². The quantitative estimate of drug-likeness (QED) is 0.327. The van der Waals surface area contributed by atoms with Gasteiger partial charge in [0.1, 0.15) is 6.29 Å². The second kappa shape index (κ2) is 8.01. The summed E-state index contributed by atoms with van der Waals surface area (Å²) < 4.78 is 22.8. The molecule has 2 unspecified atom stereocenters. The third-order valence-electron chi connectivity index (χ3n) is 2.87. The number of carbonyl (C=O) groups is 1. The molecule has 0 bridgehead atoms. The average Bonchev–Trinajstić information content (AvgIpc) is 3.13. The summed E-state index contributed by atoms with van der Waals surface area (Å²) in [6.07, 6.45) is 2.35. The van der Waals surface area contributed by atoms with Crippen LogP contribution in [0.5, 0.6) is 0 Å². The van der Waals surface area contributed by atoms with Gasteiger partial charge < -0.3 is 22.8 Å². The summed E-state index contributed by atoms with van der Waals surface area (Å²) in [6.45, 7) is 8.14. The molecule has 0 aliphatic carbocycles. The Morgan fingerprint density at radius 1 is 1.22 bits per heavy atom. The Labute approximate surface area is 110 Å². The van der Waals surface area contributed by atoms with Crippen LogP contribution in [0.15, 0.2) is 0 Å². The highest BCUT2D eigenvalue weighted by molar-refractivity contribution is 6.62. The lowest BCUT2D eigenvalue weighted by molar-refractivity contribution is -0.108. The van der Waals surface area contributed by atoms with Crippen LogP contribution in [-0.4, -0.2) is 47.6 Å². The molecule has 0 aromatic heterocycles. The largest absolute Gasteiger partial charge is 0.504 e. The molecule has 0 aromatic carbocycles. The lowest BCUT2D eigenvalue weighted by atomic mass is 10.2. The summed E-state index contributed by atoms with van der Waals surface area (Å²) in [5.41, 5.74) is 0.00218. The molecule has 1 fully saturated rings. The summed E-state index contributed by atoms with van der Waals surface area (Å²) in [4.78, 5) is 10.9. The molecule has 0 spiro atoms. The average molecular weight is 276 g/mol. The number of rotatable bonds is 11. The van der Waals surface area contributed by atoms with Crippen molar-refractivity contribution in [1.29, 1.82) is 0 Å². The van der Waals surface area contributed by atoms with Gasteiger partial charge in [-0.05, 0) is 27.2 Å². The maximum Gasteiger partial charge on any atom is 0.504 e. The van der Waals surface area contributed by atoms with Gasteiger partial charge in [-0.25, -0.2) is 0 Å². The molecule has 0 N–H and O–H groups in total. The zero-order valence-electron chi connectivity index (χ0n) is 11.5. The van der Waals surface area contributed by atoms with E-state index >= 15 is 0 Å². The van der Waals surface area contributed by atoms with Crippen LogP contribution < -0.4 is 0 Å². The zero-order valence-corrected chi connectivity index (χ0v) is 12.5. The first-order valence-electron chi connectivity index (χ1n) is 6.69. The first-order chi connectivity index (χ1) is 8.72. The molecule has 1 aliphatic heterocycles. The molecule has 0 aromatic rings. The normalized spacial score (nSPS) is 20.7. The lowest BCUT2D eigenvalue weighted by Gasteiger charge is -2.34. The predicted octanol–water partition coefficient (Wildman–Crippen LogP) is 1.78. The van der Waals surface area contributed by atoms with Gasteiger partial charge in [0.05, 0.1) is 12.7 Å². The van der Waals surface area contributed by atoms with Crippen LogP contribution >= 0.6 is 0 Å². The highest BCUT2D eigenvalue weighted by Crippen LogP contribution is 2.36. The van der Waals surface area contributed by atoms with Gasteiger partial charge in [-0.1, -0.05) is 0 Å². The van der Waals surface area contributed by atoms with Crippen molar-refractivity contribution >= 4 is 15.1 Å². The first kappa shape index (κ1) is 15.8. The van der Waals surface area contributed by atoms with E-state index in [9.17, 15) is 4.79 Å². The van der Waals surface area contributed by atoms with Gasteiger partial charge in [-0.15, -0.1) is 0 Å². The fourth-order valence-electron chi connectivity index (χ4n) is 2.10. The number of carbonyl (C=O) groups excluding carboxylic acids is 1. The first-order valence-corrected chi connectivity index (χ1v) is 8.49. The molecule has 1 heterocycles. The second-order valence-corrected chi connectivity index (χ2v) is 7.08. The van der Waals surface area contributed by atoms with E-state index in [1.54, 1.807) is 0 Å². The Morgan fingerprint density at radius 3 is 2.06 bits per heavy atom. The molecule has 2 atom stereocenters. The maximum atomic E-state index is 10.9. The van der Waals surface area contributed by atoms with Crippen LogP contribution in [0.1, 0.15) is 33.6 Å². The molecule has 0 amide bonds. The molecule has 0 radical (unpaired) electrons. The van der Waals surface area contributed by atoms with Gasteiger partial charge in [0.2, 0.25) is 0 Å². The maximum absolute atomic E-state index is 10.9. The molecular weight excluding hydrogens is 252 g/mol. The SMILES string of the molecule is CCO[Si](OCC)(OCC)C(CC=O)CC1CO1. The van der Waals surface area contributed by atoms with Crippen molar-refractivity contribution in [3.63, 3.8) is 0 Å². The molecule has 6 heteroatoms. The Hall–Kier alpha value is -0.273. The van der Waals surface area contributed by atoms with Gasteiger partial charge in [0.25, 0.3) is 0 Å². The topological polar surface area (TPSA) is 57.3 Å². The highest BCUT2D eigenvalue weighted by Gasteiger charge is 2.50. The van der Waals surface area contributed by atoms with Crippen LogP contribution in [0.25, 0.3) is 0 Å². The number of hydrogen-bond donors (Lipinski definition) is 0. The van der Waals surface area contributed by atoms with E-state index in [2.05, 4.69) is 0 Å². The summed E-state index contributed by atoms with van der Waals surface area (Å²) in [7, 11) is -2.78. The molecule has 106 valence electrons. The number of ether oxygens (including phenoxy) is 1. The van der Waals surface area contributed by atoms with Crippen molar-refractivity contribution in [2.24, 2.45) is 0 Å². The minimum absolute atomic E-state index is 0.00218. The van der Waals surface area contributed by atoms with Crippen molar-refractivity contribution in [1.82, 2.24) is 0 Å². The number of aldehydes is 1. The van der Waals surface area contributed by atoms with E-state index in [0.717, 1.165) is 19.3 Å². The van der Waals surface area contributed by atoms with E-state index < -0.39 is 8.80 Å². The van der Waals surface area contributed by atoms with Gasteiger partial charge in [-0.2, -0.15) is 0 Å². The van der Waals surface area contributed by atoms with Crippen molar-refractivity contribution in [3.05, 3.63) is 0 Å². The van der Waals surface area contributed by atoms with Crippen molar-refractivity contribution in [2.45, 2.75) is 45.3 Å². The fraction of sp³-hybridized carbons (Fsp3) is 0.917. The molecule has 1 saturated heterocycles. The van der Waals surface area contributed by atoms with Crippen molar-refractivity contribution in [2.75, 3.05) is 26.4 Å². The van der Waals surface area contributed by atoms with Crippen LogP contribution in [0.4, 0.5) is 0 Å². The van der Waals surface area contributed by atoms with E-state index in [0.29, 0.717) is 26.2 Å². The highest BCUT2D eigenvalue weighted by atomic mass is 28.4. The van der Waals surface area contributed by atoms with Crippen LogP contribution in [0.2, 0.25) is 5.54 Å². The van der Waals surface area contributed by atoms with Gasteiger partial charge in [0, 0.05) is 31.8 Å². The summed E-state index contributed by atoms with van der Waals surface area (Å²) in [5, 5.41) is 0. The predicted molar refractivity (Wildman–Crippen MR) is 69.4 cm³/mol.